The van der Waals surface area contributed by atoms with Gasteiger partial charge in [-0.25, -0.2) is 0 Å². The van der Waals surface area contributed by atoms with Gasteiger partial charge in [0.15, 0.2) is 5.76 Å². The van der Waals surface area contributed by atoms with Crippen LogP contribution in [-0.4, -0.2) is 55.8 Å². The van der Waals surface area contributed by atoms with Crippen molar-refractivity contribution in [1.29, 1.82) is 0 Å². The van der Waals surface area contributed by atoms with Gasteiger partial charge in [-0.2, -0.15) is 17.4 Å². The average molecular weight is 341 g/mol. The lowest BCUT2D eigenvalue weighted by Gasteiger charge is -2.34. The Kier molecular flexibility index (Phi) is 5.03. The quantitative estimate of drug-likeness (QED) is 0.892. The number of nitrogens with one attached hydrogen (secondary N) is 1. The fourth-order valence-electron chi connectivity index (χ4n) is 3.15. The van der Waals surface area contributed by atoms with Gasteiger partial charge in [0.2, 0.25) is 0 Å². The van der Waals surface area contributed by atoms with Gasteiger partial charge in [0.1, 0.15) is 0 Å². The number of likely N-dealkylation sites (tertiary alicyclic amines) is 1. The highest BCUT2D eigenvalue weighted by molar-refractivity contribution is 7.87. The number of hydrogen-bond donors (Lipinski definition) is 1. The summed E-state index contributed by atoms with van der Waals surface area (Å²) in [7, 11) is -3.40. The summed E-state index contributed by atoms with van der Waals surface area (Å²) in [4.78, 5) is 13.9. The molecule has 2 saturated heterocycles. The Morgan fingerprint density at radius 3 is 2.43 bits per heavy atom. The lowest BCUT2D eigenvalue weighted by atomic mass is 10.1. The number of nitrogens with zero attached hydrogens (tertiary/aromatic N) is 2. The van der Waals surface area contributed by atoms with Gasteiger partial charge in [0.05, 0.1) is 6.26 Å². The third kappa shape index (κ3) is 3.94. The predicted molar refractivity (Wildman–Crippen MR) is 85.1 cm³/mol. The molecule has 8 heteroatoms. The highest BCUT2D eigenvalue weighted by Crippen LogP contribution is 2.17. The molecular weight excluding hydrogens is 318 g/mol. The van der Waals surface area contributed by atoms with Crippen LogP contribution in [0.5, 0.6) is 0 Å². The van der Waals surface area contributed by atoms with Crippen LogP contribution in [0.2, 0.25) is 0 Å². The van der Waals surface area contributed by atoms with E-state index in [1.807, 2.05) is 0 Å². The molecule has 3 heterocycles. The molecule has 7 nitrogen and oxygen atoms in total. The van der Waals surface area contributed by atoms with Crippen LogP contribution in [0.15, 0.2) is 22.8 Å². The summed E-state index contributed by atoms with van der Waals surface area (Å²) in [6, 6.07) is 3.22. The zero-order valence-electron chi connectivity index (χ0n) is 13.1. The molecule has 23 heavy (non-hydrogen) atoms. The number of furan rings is 1. The molecule has 1 aromatic rings. The highest BCUT2D eigenvalue weighted by atomic mass is 32.2. The molecule has 0 saturated carbocycles. The van der Waals surface area contributed by atoms with Crippen molar-refractivity contribution in [2.24, 2.45) is 0 Å². The average Bonchev–Trinajstić information content (AvgIpc) is 3.10. The van der Waals surface area contributed by atoms with E-state index < -0.39 is 10.2 Å². The summed E-state index contributed by atoms with van der Waals surface area (Å²) >= 11 is 0. The topological polar surface area (TPSA) is 82.9 Å². The maximum atomic E-state index is 12.4. The number of rotatable bonds is 4. The van der Waals surface area contributed by atoms with Crippen molar-refractivity contribution in [3.05, 3.63) is 24.2 Å². The van der Waals surface area contributed by atoms with Gasteiger partial charge in [0, 0.05) is 32.2 Å². The van der Waals surface area contributed by atoms with Crippen molar-refractivity contribution in [3.8, 4) is 0 Å². The molecule has 0 spiro atoms. The smallest absolute Gasteiger partial charge is 0.289 e. The molecule has 0 atom stereocenters. The van der Waals surface area contributed by atoms with Crippen molar-refractivity contribution in [2.75, 3.05) is 26.2 Å². The van der Waals surface area contributed by atoms with Gasteiger partial charge in [-0.05, 0) is 37.8 Å². The Hall–Kier alpha value is -1.38. The van der Waals surface area contributed by atoms with Crippen LogP contribution in [0.4, 0.5) is 0 Å². The number of hydrogen-bond acceptors (Lipinski definition) is 4. The first kappa shape index (κ1) is 16.5. The van der Waals surface area contributed by atoms with Gasteiger partial charge in [-0.3, -0.25) is 4.79 Å². The maximum absolute atomic E-state index is 12.4. The summed E-state index contributed by atoms with van der Waals surface area (Å²) in [5.74, 6) is 0.199. The lowest BCUT2D eigenvalue weighted by Crippen LogP contribution is -2.51. The summed E-state index contributed by atoms with van der Waals surface area (Å²) in [5.41, 5.74) is 0. The van der Waals surface area contributed by atoms with Gasteiger partial charge in [-0.1, -0.05) is 6.42 Å². The summed E-state index contributed by atoms with van der Waals surface area (Å²) in [6.45, 7) is 2.27. The molecule has 2 aliphatic heterocycles. The SMILES string of the molecule is O=C(c1ccco1)N1CCC(NS(=O)(=O)N2CCCCC2)CC1. The Bertz CT molecular complexity index is 615. The molecule has 0 radical (unpaired) electrons. The first-order valence-electron chi connectivity index (χ1n) is 8.16. The first-order chi connectivity index (χ1) is 11.1. The molecule has 0 bridgehead atoms. The van der Waals surface area contributed by atoms with Gasteiger partial charge in [0.25, 0.3) is 16.1 Å². The van der Waals surface area contributed by atoms with E-state index in [4.69, 9.17) is 4.42 Å². The fraction of sp³-hybridized carbons (Fsp3) is 0.667. The van der Waals surface area contributed by atoms with Crippen molar-refractivity contribution in [2.45, 2.75) is 38.1 Å². The molecular formula is C15H23N3O4S. The molecule has 0 aliphatic carbocycles. The van der Waals surface area contributed by atoms with E-state index in [0.717, 1.165) is 19.3 Å². The minimum atomic E-state index is -3.40. The predicted octanol–water partition coefficient (Wildman–Crippen LogP) is 1.20. The molecule has 3 rings (SSSR count). The maximum Gasteiger partial charge on any atom is 0.289 e. The van der Waals surface area contributed by atoms with Crippen LogP contribution in [0.25, 0.3) is 0 Å². The molecule has 1 N–H and O–H groups in total. The molecule has 128 valence electrons. The highest BCUT2D eigenvalue weighted by Gasteiger charge is 2.30. The summed E-state index contributed by atoms with van der Waals surface area (Å²) in [6.07, 6.45) is 5.68. The molecule has 1 amide bonds. The van der Waals surface area contributed by atoms with E-state index in [-0.39, 0.29) is 11.9 Å². The van der Waals surface area contributed by atoms with Gasteiger partial charge in [-0.15, -0.1) is 0 Å². The second kappa shape index (κ2) is 7.02. The molecule has 0 unspecified atom stereocenters. The molecule has 1 aromatic heterocycles. The largest absolute Gasteiger partial charge is 0.459 e. The number of carbonyl (C=O) groups excluding carboxylic acids is 1. The van der Waals surface area contributed by atoms with Crippen molar-refractivity contribution < 1.29 is 17.6 Å². The van der Waals surface area contributed by atoms with E-state index in [9.17, 15) is 13.2 Å². The Labute approximate surface area is 136 Å². The van der Waals surface area contributed by atoms with Gasteiger partial charge < -0.3 is 9.32 Å². The zero-order valence-corrected chi connectivity index (χ0v) is 13.9. The number of carbonyl (C=O) groups is 1. The lowest BCUT2D eigenvalue weighted by molar-refractivity contribution is 0.0678. The molecule has 0 aromatic carbocycles. The first-order valence-corrected chi connectivity index (χ1v) is 9.60. The summed E-state index contributed by atoms with van der Waals surface area (Å²) < 4.78 is 34.2. The van der Waals surface area contributed by atoms with Crippen LogP contribution >= 0.6 is 0 Å². The Morgan fingerprint density at radius 1 is 1.13 bits per heavy atom. The van der Waals surface area contributed by atoms with E-state index in [0.29, 0.717) is 44.8 Å². The van der Waals surface area contributed by atoms with Crippen molar-refractivity contribution >= 4 is 16.1 Å². The van der Waals surface area contributed by atoms with E-state index in [1.54, 1.807) is 17.0 Å². The zero-order chi connectivity index (χ0) is 16.3. The van der Waals surface area contributed by atoms with Gasteiger partial charge >= 0.3 is 0 Å². The number of piperidine rings is 2. The Morgan fingerprint density at radius 2 is 1.83 bits per heavy atom. The standard InChI is InChI=1S/C15H23N3O4S/c19-15(14-5-4-12-22-14)17-10-6-13(7-11-17)16-23(20,21)18-8-2-1-3-9-18/h4-5,12-13,16H,1-3,6-11H2. The van der Waals surface area contributed by atoms with Crippen LogP contribution in [0.3, 0.4) is 0 Å². The van der Waals surface area contributed by atoms with Crippen molar-refractivity contribution in [3.63, 3.8) is 0 Å². The van der Waals surface area contributed by atoms with Crippen molar-refractivity contribution in [1.82, 2.24) is 13.9 Å². The van der Waals surface area contributed by atoms with Crippen LogP contribution in [0, 0.1) is 0 Å². The third-order valence-corrected chi connectivity index (χ3v) is 6.16. The van der Waals surface area contributed by atoms with Crippen LogP contribution < -0.4 is 4.72 Å². The third-order valence-electron chi connectivity index (χ3n) is 4.48. The summed E-state index contributed by atoms with van der Waals surface area (Å²) in [5, 5.41) is 0. The minimum absolute atomic E-state index is 0.109. The second-order valence-corrected chi connectivity index (χ2v) is 7.83. The monoisotopic (exact) mass is 341 g/mol. The normalized spacial score (nSPS) is 21.5. The Balaban J connectivity index is 1.52. The van der Waals surface area contributed by atoms with E-state index in [2.05, 4.69) is 4.72 Å². The second-order valence-electron chi connectivity index (χ2n) is 6.13. The minimum Gasteiger partial charge on any atom is -0.459 e. The van der Waals surface area contributed by atoms with Crippen LogP contribution in [-0.2, 0) is 10.2 Å². The van der Waals surface area contributed by atoms with Crippen LogP contribution in [0.1, 0.15) is 42.7 Å². The van der Waals surface area contributed by atoms with E-state index in [1.165, 1.54) is 10.6 Å². The fourth-order valence-corrected chi connectivity index (χ4v) is 4.69. The molecule has 2 aliphatic rings. The van der Waals surface area contributed by atoms with E-state index >= 15 is 0 Å². The molecule has 2 fully saturated rings. The number of amides is 1.